The lowest BCUT2D eigenvalue weighted by Crippen LogP contribution is -2.59. The summed E-state index contributed by atoms with van der Waals surface area (Å²) in [6, 6.07) is 27.6. The number of hydrogen-bond donors (Lipinski definition) is 0. The van der Waals surface area contributed by atoms with E-state index in [1.807, 2.05) is 12.1 Å². The van der Waals surface area contributed by atoms with Crippen molar-refractivity contribution >= 4 is 5.71 Å². The lowest BCUT2D eigenvalue weighted by molar-refractivity contribution is -0.150. The highest BCUT2D eigenvalue weighted by atomic mass is 16.5. The van der Waals surface area contributed by atoms with Crippen molar-refractivity contribution in [3.05, 3.63) is 95.6 Å². The van der Waals surface area contributed by atoms with Crippen LogP contribution in [0.1, 0.15) is 42.0 Å². The number of methoxy groups -OCH3 is 1. The Labute approximate surface area is 195 Å². The summed E-state index contributed by atoms with van der Waals surface area (Å²) in [5.41, 5.74) is 4.32. The summed E-state index contributed by atoms with van der Waals surface area (Å²) in [4.78, 5) is 2.53. The molecule has 0 bridgehead atoms. The number of para-hydroxylation sites is 2. The predicted molar refractivity (Wildman–Crippen MR) is 129 cm³/mol. The van der Waals surface area contributed by atoms with Gasteiger partial charge in [-0.3, -0.25) is 4.90 Å². The maximum atomic E-state index is 6.77. The standard InChI is InChI=1S/C28H29N3O2/c1-32-26-13-7-5-11-22(26)24-19-25-23-12-6-8-14-27(23)33-28(31(25)29-24)15-17-30(18-16-28)20-21-9-3-2-4-10-21/h2-14,25H,15-20H2,1H3/t25-/m0/s1. The molecule has 1 fully saturated rings. The monoisotopic (exact) mass is 439 g/mol. The molecule has 5 nitrogen and oxygen atoms in total. The van der Waals surface area contributed by atoms with Crippen LogP contribution < -0.4 is 9.47 Å². The van der Waals surface area contributed by atoms with Crippen molar-refractivity contribution in [1.29, 1.82) is 0 Å². The van der Waals surface area contributed by atoms with Crippen molar-refractivity contribution in [3.63, 3.8) is 0 Å². The second-order valence-corrected chi connectivity index (χ2v) is 9.16. The van der Waals surface area contributed by atoms with Crippen LogP contribution in [0.2, 0.25) is 0 Å². The molecule has 3 aliphatic rings. The van der Waals surface area contributed by atoms with E-state index in [0.717, 1.165) is 61.7 Å². The van der Waals surface area contributed by atoms with Crippen LogP contribution in [-0.4, -0.2) is 41.5 Å². The number of hydrogen-bond acceptors (Lipinski definition) is 5. The van der Waals surface area contributed by atoms with Gasteiger partial charge in [-0.2, -0.15) is 5.10 Å². The normalized spacial score (nSPS) is 21.2. The van der Waals surface area contributed by atoms with Gasteiger partial charge in [-0.1, -0.05) is 60.7 Å². The number of fused-ring (bicyclic) bond motifs is 4. The van der Waals surface area contributed by atoms with E-state index in [-0.39, 0.29) is 6.04 Å². The maximum Gasteiger partial charge on any atom is 0.200 e. The molecule has 3 aromatic carbocycles. The van der Waals surface area contributed by atoms with Gasteiger partial charge in [0.1, 0.15) is 11.5 Å². The van der Waals surface area contributed by atoms with Crippen LogP contribution >= 0.6 is 0 Å². The molecule has 0 amide bonds. The van der Waals surface area contributed by atoms with Crippen LogP contribution in [0.15, 0.2) is 84.0 Å². The van der Waals surface area contributed by atoms with E-state index in [1.54, 1.807) is 7.11 Å². The van der Waals surface area contributed by atoms with Gasteiger partial charge in [-0.25, -0.2) is 5.01 Å². The van der Waals surface area contributed by atoms with Crippen LogP contribution in [0.5, 0.6) is 11.5 Å². The summed E-state index contributed by atoms with van der Waals surface area (Å²) < 4.78 is 12.4. The largest absolute Gasteiger partial charge is 0.496 e. The molecule has 1 atom stereocenters. The average Bonchev–Trinajstić information content (AvgIpc) is 3.33. The Bertz CT molecular complexity index is 1170. The first-order valence-electron chi connectivity index (χ1n) is 11.8. The molecule has 0 unspecified atom stereocenters. The third kappa shape index (κ3) is 3.57. The third-order valence-corrected chi connectivity index (χ3v) is 7.21. The molecule has 6 rings (SSSR count). The second-order valence-electron chi connectivity index (χ2n) is 9.16. The maximum absolute atomic E-state index is 6.77. The van der Waals surface area contributed by atoms with Crippen molar-refractivity contribution in [2.24, 2.45) is 5.10 Å². The van der Waals surface area contributed by atoms with E-state index < -0.39 is 5.72 Å². The molecular formula is C28H29N3O2. The number of piperidine rings is 1. The Morgan fingerprint density at radius 2 is 1.67 bits per heavy atom. The molecule has 1 saturated heterocycles. The molecule has 3 heterocycles. The van der Waals surface area contributed by atoms with Gasteiger partial charge in [0.05, 0.1) is 18.9 Å². The molecule has 33 heavy (non-hydrogen) atoms. The highest BCUT2D eigenvalue weighted by Crippen LogP contribution is 2.50. The molecular weight excluding hydrogens is 410 g/mol. The molecule has 0 radical (unpaired) electrons. The summed E-state index contributed by atoms with van der Waals surface area (Å²) >= 11 is 0. The van der Waals surface area contributed by atoms with Gasteiger partial charge in [-0.15, -0.1) is 0 Å². The fourth-order valence-electron chi connectivity index (χ4n) is 5.51. The first kappa shape index (κ1) is 20.3. The molecule has 5 heteroatoms. The van der Waals surface area contributed by atoms with E-state index >= 15 is 0 Å². The van der Waals surface area contributed by atoms with Gasteiger partial charge < -0.3 is 9.47 Å². The lowest BCUT2D eigenvalue weighted by atomic mass is 9.90. The number of ether oxygens (including phenoxy) is 2. The Morgan fingerprint density at radius 3 is 2.48 bits per heavy atom. The van der Waals surface area contributed by atoms with Gasteiger partial charge in [0, 0.05) is 50.0 Å². The first-order chi connectivity index (χ1) is 16.3. The summed E-state index contributed by atoms with van der Waals surface area (Å²) in [6.45, 7) is 2.95. The van der Waals surface area contributed by atoms with Gasteiger partial charge in [0.25, 0.3) is 0 Å². The van der Waals surface area contributed by atoms with Crippen LogP contribution in [-0.2, 0) is 6.54 Å². The van der Waals surface area contributed by atoms with E-state index in [4.69, 9.17) is 14.6 Å². The minimum atomic E-state index is -0.407. The molecule has 1 spiro atoms. The minimum Gasteiger partial charge on any atom is -0.496 e. The van der Waals surface area contributed by atoms with Crippen molar-refractivity contribution < 1.29 is 9.47 Å². The summed E-state index contributed by atoms with van der Waals surface area (Å²) in [6.07, 6.45) is 2.71. The first-order valence-corrected chi connectivity index (χ1v) is 11.8. The van der Waals surface area contributed by atoms with E-state index in [0.29, 0.717) is 0 Å². The average molecular weight is 440 g/mol. The molecule has 3 aliphatic heterocycles. The Hall–Kier alpha value is -3.31. The van der Waals surface area contributed by atoms with Crippen LogP contribution in [0.4, 0.5) is 0 Å². The summed E-state index contributed by atoms with van der Waals surface area (Å²) in [5.74, 6) is 1.88. The Kier molecular flexibility index (Phi) is 5.07. The highest BCUT2D eigenvalue weighted by molar-refractivity contribution is 6.04. The van der Waals surface area contributed by atoms with Crippen molar-refractivity contribution in [2.45, 2.75) is 37.6 Å². The Balaban J connectivity index is 1.31. The summed E-state index contributed by atoms with van der Waals surface area (Å²) in [7, 11) is 1.73. The van der Waals surface area contributed by atoms with Crippen molar-refractivity contribution in [2.75, 3.05) is 20.2 Å². The Morgan fingerprint density at radius 1 is 0.939 bits per heavy atom. The van der Waals surface area contributed by atoms with Crippen LogP contribution in [0.3, 0.4) is 0 Å². The molecule has 0 aromatic heterocycles. The number of benzene rings is 3. The summed E-state index contributed by atoms with van der Waals surface area (Å²) in [5, 5.41) is 7.47. The zero-order chi connectivity index (χ0) is 22.3. The zero-order valence-electron chi connectivity index (χ0n) is 19.0. The fraction of sp³-hybridized carbons (Fsp3) is 0.321. The molecule has 0 saturated carbocycles. The number of likely N-dealkylation sites (tertiary alicyclic amines) is 1. The quantitative estimate of drug-likeness (QED) is 0.558. The SMILES string of the molecule is COc1ccccc1C1=NN2[C@@H](C1)c1ccccc1OC21CCN(Cc2ccccc2)CC1. The van der Waals surface area contributed by atoms with Crippen molar-refractivity contribution in [3.8, 4) is 11.5 Å². The van der Waals surface area contributed by atoms with Gasteiger partial charge in [0.2, 0.25) is 5.72 Å². The predicted octanol–water partition coefficient (Wildman–Crippen LogP) is 5.23. The van der Waals surface area contributed by atoms with E-state index in [2.05, 4.69) is 76.6 Å². The van der Waals surface area contributed by atoms with Gasteiger partial charge >= 0.3 is 0 Å². The fourth-order valence-corrected chi connectivity index (χ4v) is 5.51. The van der Waals surface area contributed by atoms with Crippen molar-refractivity contribution in [1.82, 2.24) is 9.91 Å². The van der Waals surface area contributed by atoms with Gasteiger partial charge in [-0.05, 0) is 23.8 Å². The number of rotatable bonds is 4. The second kappa shape index (κ2) is 8.23. The molecule has 0 N–H and O–H groups in total. The number of nitrogens with zero attached hydrogens (tertiary/aromatic N) is 3. The van der Waals surface area contributed by atoms with E-state index in [9.17, 15) is 0 Å². The van der Waals surface area contributed by atoms with Gasteiger partial charge in [0.15, 0.2) is 0 Å². The lowest BCUT2D eigenvalue weighted by Gasteiger charge is -2.51. The van der Waals surface area contributed by atoms with Crippen LogP contribution in [0.25, 0.3) is 0 Å². The van der Waals surface area contributed by atoms with Crippen LogP contribution in [0, 0.1) is 0 Å². The molecule has 168 valence electrons. The molecule has 3 aromatic rings. The number of hydrazone groups is 1. The highest BCUT2D eigenvalue weighted by Gasteiger charge is 2.51. The minimum absolute atomic E-state index is 0.190. The molecule has 0 aliphatic carbocycles. The third-order valence-electron chi connectivity index (χ3n) is 7.21. The topological polar surface area (TPSA) is 37.3 Å². The van der Waals surface area contributed by atoms with E-state index in [1.165, 1.54) is 11.1 Å². The zero-order valence-corrected chi connectivity index (χ0v) is 19.0. The smallest absolute Gasteiger partial charge is 0.200 e.